The Balaban J connectivity index is 2.40. The first-order chi connectivity index (χ1) is 8.52. The van der Waals surface area contributed by atoms with Gasteiger partial charge in [0.1, 0.15) is 5.75 Å². The lowest BCUT2D eigenvalue weighted by molar-refractivity contribution is 0.238. The van der Waals surface area contributed by atoms with E-state index in [9.17, 15) is 4.79 Å². The van der Waals surface area contributed by atoms with Gasteiger partial charge >= 0.3 is 6.03 Å². The molecular weight excluding hydrogens is 252 g/mol. The van der Waals surface area contributed by atoms with Crippen LogP contribution in [0.3, 0.4) is 0 Å². The summed E-state index contributed by atoms with van der Waals surface area (Å²) in [6.45, 7) is 4.41. The van der Waals surface area contributed by atoms with Gasteiger partial charge in [0.15, 0.2) is 0 Å². The maximum atomic E-state index is 11.3. The molecule has 5 heteroatoms. The van der Waals surface area contributed by atoms with Gasteiger partial charge in [0, 0.05) is 12.6 Å². The molecular formula is C13H19ClN2O2. The number of amides is 2. The summed E-state index contributed by atoms with van der Waals surface area (Å²) in [5.41, 5.74) is 1.06. The van der Waals surface area contributed by atoms with Gasteiger partial charge in [-0.15, -0.1) is 0 Å². The molecule has 0 spiro atoms. The first kappa shape index (κ1) is 14.6. The van der Waals surface area contributed by atoms with Gasteiger partial charge in [0.25, 0.3) is 0 Å². The van der Waals surface area contributed by atoms with E-state index >= 15 is 0 Å². The van der Waals surface area contributed by atoms with Crippen molar-refractivity contribution in [3.8, 4) is 5.75 Å². The van der Waals surface area contributed by atoms with Gasteiger partial charge in [0.2, 0.25) is 0 Å². The van der Waals surface area contributed by atoms with Crippen LogP contribution in [0.4, 0.5) is 4.79 Å². The molecule has 2 N–H and O–H groups in total. The SMILES string of the molecule is COc1ccc(CCNC(=O)NC(C)C)cc1Cl. The standard InChI is InChI=1S/C13H19ClN2O2/c1-9(2)16-13(17)15-7-6-10-4-5-12(18-3)11(14)8-10/h4-5,8-9H,6-7H2,1-3H3,(H2,15,16,17). The lowest BCUT2D eigenvalue weighted by atomic mass is 10.1. The van der Waals surface area contributed by atoms with E-state index in [4.69, 9.17) is 16.3 Å². The van der Waals surface area contributed by atoms with Crippen molar-refractivity contribution >= 4 is 17.6 Å². The lowest BCUT2D eigenvalue weighted by Gasteiger charge is -2.10. The van der Waals surface area contributed by atoms with E-state index in [1.54, 1.807) is 7.11 Å². The van der Waals surface area contributed by atoms with E-state index in [0.29, 0.717) is 17.3 Å². The van der Waals surface area contributed by atoms with Crippen molar-refractivity contribution in [1.29, 1.82) is 0 Å². The second-order valence-corrected chi connectivity index (χ2v) is 4.68. The number of hydrogen-bond acceptors (Lipinski definition) is 2. The Morgan fingerprint density at radius 2 is 2.17 bits per heavy atom. The van der Waals surface area contributed by atoms with Crippen LogP contribution in [-0.4, -0.2) is 25.7 Å². The molecule has 2 amide bonds. The lowest BCUT2D eigenvalue weighted by Crippen LogP contribution is -2.40. The third kappa shape index (κ3) is 4.84. The van der Waals surface area contributed by atoms with Crippen molar-refractivity contribution in [2.24, 2.45) is 0 Å². The fourth-order valence-corrected chi connectivity index (χ4v) is 1.78. The molecule has 1 rings (SSSR count). The van der Waals surface area contributed by atoms with Crippen LogP contribution in [0.1, 0.15) is 19.4 Å². The van der Waals surface area contributed by atoms with Gasteiger partial charge in [-0.1, -0.05) is 17.7 Å². The first-order valence-electron chi connectivity index (χ1n) is 5.89. The van der Waals surface area contributed by atoms with Crippen LogP contribution in [-0.2, 0) is 6.42 Å². The van der Waals surface area contributed by atoms with Gasteiger partial charge in [-0.2, -0.15) is 0 Å². The molecule has 0 aromatic heterocycles. The van der Waals surface area contributed by atoms with Gasteiger partial charge < -0.3 is 15.4 Å². The van der Waals surface area contributed by atoms with E-state index in [2.05, 4.69) is 10.6 Å². The van der Waals surface area contributed by atoms with Crippen LogP contribution in [0, 0.1) is 0 Å². The third-order valence-corrected chi connectivity index (χ3v) is 2.63. The number of nitrogens with one attached hydrogen (secondary N) is 2. The summed E-state index contributed by atoms with van der Waals surface area (Å²) in [5, 5.41) is 6.13. The normalized spacial score (nSPS) is 10.3. The van der Waals surface area contributed by atoms with Crippen LogP contribution in [0.5, 0.6) is 5.75 Å². The zero-order valence-corrected chi connectivity index (χ0v) is 11.7. The minimum absolute atomic E-state index is 0.139. The molecule has 0 aliphatic carbocycles. The first-order valence-corrected chi connectivity index (χ1v) is 6.27. The van der Waals surface area contributed by atoms with Crippen LogP contribution in [0.2, 0.25) is 5.02 Å². The van der Waals surface area contributed by atoms with Crippen molar-refractivity contribution < 1.29 is 9.53 Å². The fraction of sp³-hybridized carbons (Fsp3) is 0.462. The van der Waals surface area contributed by atoms with E-state index in [1.807, 2.05) is 32.0 Å². The quantitative estimate of drug-likeness (QED) is 0.864. The number of halogens is 1. The van der Waals surface area contributed by atoms with Gasteiger partial charge in [0.05, 0.1) is 12.1 Å². The molecule has 0 fully saturated rings. The summed E-state index contributed by atoms with van der Waals surface area (Å²) >= 11 is 6.02. The summed E-state index contributed by atoms with van der Waals surface area (Å²) in [7, 11) is 1.58. The molecule has 0 aliphatic rings. The Kier molecular flexibility index (Phi) is 5.78. The maximum Gasteiger partial charge on any atom is 0.314 e. The second-order valence-electron chi connectivity index (χ2n) is 4.27. The molecule has 0 saturated carbocycles. The molecule has 1 aromatic rings. The Labute approximate surface area is 113 Å². The largest absolute Gasteiger partial charge is 0.495 e. The number of benzene rings is 1. The number of methoxy groups -OCH3 is 1. The molecule has 0 atom stereocenters. The van der Waals surface area contributed by atoms with Gasteiger partial charge in [-0.25, -0.2) is 4.79 Å². The molecule has 18 heavy (non-hydrogen) atoms. The number of carbonyl (C=O) groups excluding carboxylic acids is 1. The Morgan fingerprint density at radius 3 is 2.72 bits per heavy atom. The molecule has 0 aliphatic heterocycles. The topological polar surface area (TPSA) is 50.4 Å². The summed E-state index contributed by atoms with van der Waals surface area (Å²) in [6.07, 6.45) is 0.731. The van der Waals surface area contributed by atoms with Crippen LogP contribution >= 0.6 is 11.6 Å². The Hall–Kier alpha value is -1.42. The van der Waals surface area contributed by atoms with Crippen LogP contribution in [0.25, 0.3) is 0 Å². The number of urea groups is 1. The highest BCUT2D eigenvalue weighted by Gasteiger charge is 2.04. The highest BCUT2D eigenvalue weighted by atomic mass is 35.5. The minimum atomic E-state index is -0.149. The van der Waals surface area contributed by atoms with Crippen molar-refractivity contribution in [1.82, 2.24) is 10.6 Å². The molecule has 0 saturated heterocycles. The molecule has 0 bridgehead atoms. The molecule has 1 aromatic carbocycles. The number of ether oxygens (including phenoxy) is 1. The van der Waals surface area contributed by atoms with E-state index in [-0.39, 0.29) is 12.1 Å². The Bertz CT molecular complexity index is 408. The number of hydrogen-bond donors (Lipinski definition) is 2. The third-order valence-electron chi connectivity index (χ3n) is 2.34. The number of rotatable bonds is 5. The van der Waals surface area contributed by atoms with Crippen molar-refractivity contribution in [2.45, 2.75) is 26.3 Å². The highest BCUT2D eigenvalue weighted by molar-refractivity contribution is 6.32. The monoisotopic (exact) mass is 270 g/mol. The average molecular weight is 271 g/mol. The van der Waals surface area contributed by atoms with Crippen molar-refractivity contribution in [3.63, 3.8) is 0 Å². The fourth-order valence-electron chi connectivity index (χ4n) is 1.50. The summed E-state index contributed by atoms with van der Waals surface area (Å²) in [4.78, 5) is 11.3. The van der Waals surface area contributed by atoms with Crippen molar-refractivity contribution in [3.05, 3.63) is 28.8 Å². The minimum Gasteiger partial charge on any atom is -0.495 e. The second kappa shape index (κ2) is 7.11. The van der Waals surface area contributed by atoms with Crippen LogP contribution < -0.4 is 15.4 Å². The predicted molar refractivity (Wildman–Crippen MR) is 73.4 cm³/mol. The molecule has 0 radical (unpaired) electrons. The van der Waals surface area contributed by atoms with Gasteiger partial charge in [-0.3, -0.25) is 0 Å². The smallest absolute Gasteiger partial charge is 0.314 e. The summed E-state index contributed by atoms with van der Waals surface area (Å²) in [5.74, 6) is 0.658. The van der Waals surface area contributed by atoms with E-state index in [1.165, 1.54) is 0 Å². The van der Waals surface area contributed by atoms with E-state index < -0.39 is 0 Å². The average Bonchev–Trinajstić information content (AvgIpc) is 2.28. The molecule has 0 unspecified atom stereocenters. The molecule has 100 valence electrons. The molecule has 0 heterocycles. The van der Waals surface area contributed by atoms with Crippen LogP contribution in [0.15, 0.2) is 18.2 Å². The number of carbonyl (C=O) groups is 1. The Morgan fingerprint density at radius 1 is 1.44 bits per heavy atom. The predicted octanol–water partition coefficient (Wildman–Crippen LogP) is 2.60. The van der Waals surface area contributed by atoms with Gasteiger partial charge in [-0.05, 0) is 38.0 Å². The summed E-state index contributed by atoms with van der Waals surface area (Å²) < 4.78 is 5.07. The maximum absolute atomic E-state index is 11.3. The zero-order chi connectivity index (χ0) is 13.5. The zero-order valence-electron chi connectivity index (χ0n) is 10.9. The highest BCUT2D eigenvalue weighted by Crippen LogP contribution is 2.24. The summed E-state index contributed by atoms with van der Waals surface area (Å²) in [6, 6.07) is 5.60. The van der Waals surface area contributed by atoms with Crippen molar-refractivity contribution in [2.75, 3.05) is 13.7 Å². The molecule has 4 nitrogen and oxygen atoms in total. The van der Waals surface area contributed by atoms with E-state index in [0.717, 1.165) is 12.0 Å².